The average molecular weight is 237 g/mol. The SMILES string of the molecule is CCC(c1ccccc1)N1CCc2ccccc21. The summed E-state index contributed by atoms with van der Waals surface area (Å²) in [5, 5.41) is 0. The zero-order chi connectivity index (χ0) is 12.4. The van der Waals surface area contributed by atoms with Gasteiger partial charge in [-0.05, 0) is 30.0 Å². The molecule has 0 amide bonds. The van der Waals surface area contributed by atoms with E-state index >= 15 is 0 Å². The van der Waals surface area contributed by atoms with E-state index in [1.807, 2.05) is 0 Å². The highest BCUT2D eigenvalue weighted by Gasteiger charge is 2.25. The van der Waals surface area contributed by atoms with Gasteiger partial charge in [0, 0.05) is 12.2 Å². The predicted octanol–water partition coefficient (Wildman–Crippen LogP) is 4.20. The smallest absolute Gasteiger partial charge is 0.0540 e. The summed E-state index contributed by atoms with van der Waals surface area (Å²) in [5.74, 6) is 0. The van der Waals surface area contributed by atoms with Crippen molar-refractivity contribution in [1.29, 1.82) is 0 Å². The van der Waals surface area contributed by atoms with Crippen LogP contribution in [0.5, 0.6) is 0 Å². The lowest BCUT2D eigenvalue weighted by molar-refractivity contribution is 0.621. The minimum Gasteiger partial charge on any atom is -0.364 e. The van der Waals surface area contributed by atoms with Crippen LogP contribution in [0.15, 0.2) is 54.6 Å². The maximum absolute atomic E-state index is 2.56. The molecule has 1 aliphatic rings. The van der Waals surface area contributed by atoms with Gasteiger partial charge in [0.1, 0.15) is 0 Å². The monoisotopic (exact) mass is 237 g/mol. The highest BCUT2D eigenvalue weighted by Crippen LogP contribution is 2.36. The molecule has 1 atom stereocenters. The van der Waals surface area contributed by atoms with Crippen molar-refractivity contribution >= 4 is 5.69 Å². The van der Waals surface area contributed by atoms with Gasteiger partial charge in [-0.3, -0.25) is 0 Å². The molecule has 0 N–H and O–H groups in total. The van der Waals surface area contributed by atoms with Crippen LogP contribution in [0, 0.1) is 0 Å². The normalized spacial score (nSPS) is 15.5. The molecule has 1 aliphatic heterocycles. The molecule has 0 aromatic heterocycles. The zero-order valence-electron chi connectivity index (χ0n) is 10.8. The largest absolute Gasteiger partial charge is 0.364 e. The van der Waals surface area contributed by atoms with Crippen molar-refractivity contribution in [3.63, 3.8) is 0 Å². The third-order valence-corrected chi connectivity index (χ3v) is 3.87. The van der Waals surface area contributed by atoms with E-state index in [9.17, 15) is 0 Å². The standard InChI is InChI=1S/C17H19N/c1-2-16(14-8-4-3-5-9-14)18-13-12-15-10-6-7-11-17(15)18/h3-11,16H,2,12-13H2,1H3. The van der Waals surface area contributed by atoms with Crippen LogP contribution in [0.25, 0.3) is 0 Å². The lowest BCUT2D eigenvalue weighted by atomic mass is 10.0. The molecular formula is C17H19N. The Bertz CT molecular complexity index is 518. The summed E-state index contributed by atoms with van der Waals surface area (Å²) in [4.78, 5) is 2.56. The molecule has 0 bridgehead atoms. The fourth-order valence-corrected chi connectivity index (χ4v) is 3.00. The molecule has 18 heavy (non-hydrogen) atoms. The van der Waals surface area contributed by atoms with E-state index in [-0.39, 0.29) is 0 Å². The Morgan fingerprint density at radius 2 is 1.72 bits per heavy atom. The van der Waals surface area contributed by atoms with Gasteiger partial charge < -0.3 is 4.90 Å². The third kappa shape index (κ3) is 1.90. The Kier molecular flexibility index (Phi) is 3.06. The lowest BCUT2D eigenvalue weighted by Gasteiger charge is -2.30. The highest BCUT2D eigenvalue weighted by molar-refractivity contribution is 5.59. The van der Waals surface area contributed by atoms with E-state index in [0.29, 0.717) is 6.04 Å². The van der Waals surface area contributed by atoms with Crippen molar-refractivity contribution in [1.82, 2.24) is 0 Å². The first-order valence-corrected chi connectivity index (χ1v) is 6.79. The molecule has 92 valence electrons. The van der Waals surface area contributed by atoms with Crippen LogP contribution in [0.3, 0.4) is 0 Å². The van der Waals surface area contributed by atoms with E-state index < -0.39 is 0 Å². The summed E-state index contributed by atoms with van der Waals surface area (Å²) in [7, 11) is 0. The molecule has 1 nitrogen and oxygen atoms in total. The maximum Gasteiger partial charge on any atom is 0.0540 e. The maximum atomic E-state index is 2.56. The topological polar surface area (TPSA) is 3.24 Å². The van der Waals surface area contributed by atoms with Gasteiger partial charge in [-0.1, -0.05) is 55.5 Å². The zero-order valence-corrected chi connectivity index (χ0v) is 10.8. The molecular weight excluding hydrogens is 218 g/mol. The second-order valence-electron chi connectivity index (χ2n) is 4.91. The van der Waals surface area contributed by atoms with Crippen LogP contribution in [0.1, 0.15) is 30.5 Å². The Morgan fingerprint density at radius 1 is 1.00 bits per heavy atom. The average Bonchev–Trinajstić information content (AvgIpc) is 2.85. The summed E-state index contributed by atoms with van der Waals surface area (Å²) in [6.07, 6.45) is 2.33. The number of benzene rings is 2. The van der Waals surface area contributed by atoms with Crippen molar-refractivity contribution in [2.75, 3.05) is 11.4 Å². The van der Waals surface area contributed by atoms with Crippen molar-refractivity contribution < 1.29 is 0 Å². The van der Waals surface area contributed by atoms with Crippen LogP contribution in [-0.4, -0.2) is 6.54 Å². The minimum absolute atomic E-state index is 0.509. The number of nitrogens with zero attached hydrogens (tertiary/aromatic N) is 1. The Hall–Kier alpha value is -1.76. The second-order valence-corrected chi connectivity index (χ2v) is 4.91. The van der Waals surface area contributed by atoms with Gasteiger partial charge in [0.2, 0.25) is 0 Å². The summed E-state index contributed by atoms with van der Waals surface area (Å²) >= 11 is 0. The van der Waals surface area contributed by atoms with Gasteiger partial charge in [0.05, 0.1) is 6.04 Å². The first kappa shape index (κ1) is 11.3. The van der Waals surface area contributed by atoms with E-state index in [4.69, 9.17) is 0 Å². The van der Waals surface area contributed by atoms with Crippen molar-refractivity contribution in [2.45, 2.75) is 25.8 Å². The first-order chi connectivity index (χ1) is 8.90. The molecule has 1 unspecified atom stereocenters. The lowest BCUT2D eigenvalue weighted by Crippen LogP contribution is -2.26. The molecule has 2 aromatic carbocycles. The minimum atomic E-state index is 0.509. The first-order valence-electron chi connectivity index (χ1n) is 6.79. The number of para-hydroxylation sites is 1. The number of rotatable bonds is 3. The third-order valence-electron chi connectivity index (χ3n) is 3.87. The van der Waals surface area contributed by atoms with Crippen molar-refractivity contribution in [3.05, 3.63) is 65.7 Å². The Balaban J connectivity index is 1.95. The summed E-state index contributed by atoms with van der Waals surface area (Å²) < 4.78 is 0. The number of anilines is 1. The van der Waals surface area contributed by atoms with E-state index in [1.165, 1.54) is 23.2 Å². The number of hydrogen-bond acceptors (Lipinski definition) is 1. The molecule has 2 aromatic rings. The molecule has 0 radical (unpaired) electrons. The predicted molar refractivity (Wildman–Crippen MR) is 77.0 cm³/mol. The van der Waals surface area contributed by atoms with Crippen LogP contribution < -0.4 is 4.90 Å². The van der Waals surface area contributed by atoms with Gasteiger partial charge in [-0.2, -0.15) is 0 Å². The number of hydrogen-bond donors (Lipinski definition) is 0. The highest BCUT2D eigenvalue weighted by atomic mass is 15.2. The Labute approximate surface area is 109 Å². The van der Waals surface area contributed by atoms with Gasteiger partial charge >= 0.3 is 0 Å². The summed E-state index contributed by atoms with van der Waals surface area (Å²) in [6, 6.07) is 20.2. The van der Waals surface area contributed by atoms with Crippen LogP contribution in [0.4, 0.5) is 5.69 Å². The molecule has 0 saturated carbocycles. The van der Waals surface area contributed by atoms with Gasteiger partial charge in [0.25, 0.3) is 0 Å². The second kappa shape index (κ2) is 4.85. The van der Waals surface area contributed by atoms with Crippen LogP contribution in [0.2, 0.25) is 0 Å². The van der Waals surface area contributed by atoms with Crippen molar-refractivity contribution in [3.8, 4) is 0 Å². The van der Waals surface area contributed by atoms with Gasteiger partial charge in [0.15, 0.2) is 0 Å². The molecule has 0 spiro atoms. The quantitative estimate of drug-likeness (QED) is 0.773. The van der Waals surface area contributed by atoms with Gasteiger partial charge in [-0.25, -0.2) is 0 Å². The van der Waals surface area contributed by atoms with Crippen molar-refractivity contribution in [2.24, 2.45) is 0 Å². The van der Waals surface area contributed by atoms with Gasteiger partial charge in [-0.15, -0.1) is 0 Å². The molecule has 1 heteroatoms. The molecule has 3 rings (SSSR count). The Morgan fingerprint density at radius 3 is 2.50 bits per heavy atom. The summed E-state index contributed by atoms with van der Waals surface area (Å²) in [6.45, 7) is 3.42. The van der Waals surface area contributed by atoms with Crippen LogP contribution in [-0.2, 0) is 6.42 Å². The van der Waals surface area contributed by atoms with Crippen LogP contribution >= 0.6 is 0 Å². The fraction of sp³-hybridized carbons (Fsp3) is 0.294. The van der Waals surface area contributed by atoms with E-state index in [0.717, 1.165) is 13.0 Å². The molecule has 0 aliphatic carbocycles. The molecule has 1 heterocycles. The number of fused-ring (bicyclic) bond motifs is 1. The van der Waals surface area contributed by atoms with E-state index in [1.54, 1.807) is 0 Å². The molecule has 0 fully saturated rings. The fourth-order valence-electron chi connectivity index (χ4n) is 3.00. The van der Waals surface area contributed by atoms with E-state index in [2.05, 4.69) is 66.4 Å². The summed E-state index contributed by atoms with van der Waals surface area (Å²) in [5.41, 5.74) is 4.34. The molecule has 0 saturated heterocycles.